The number of aliphatic hydroxyl groups excluding tert-OH is 2. The number of carbonyl (C=O) groups is 5. The summed E-state index contributed by atoms with van der Waals surface area (Å²) in [5.41, 5.74) is 3.73. The van der Waals surface area contributed by atoms with E-state index in [1.807, 2.05) is 35.4 Å². The van der Waals surface area contributed by atoms with Crippen LogP contribution in [0.5, 0.6) is 5.75 Å². The Hall–Kier alpha value is -5.76. The fourth-order valence-corrected chi connectivity index (χ4v) is 13.4. The normalized spacial score (nSPS) is 22.5. The van der Waals surface area contributed by atoms with Gasteiger partial charge in [0.2, 0.25) is 11.2 Å². The van der Waals surface area contributed by atoms with Gasteiger partial charge in [-0.25, -0.2) is 9.18 Å². The zero-order chi connectivity index (χ0) is 54.7. The lowest BCUT2D eigenvalue weighted by Crippen LogP contribution is -2.65. The molecule has 3 aliphatic carbocycles. The minimum Gasteiger partial charge on any atom is -0.508 e. The summed E-state index contributed by atoms with van der Waals surface area (Å²) < 4.78 is 29.6. The van der Waals surface area contributed by atoms with Gasteiger partial charge in [0.1, 0.15) is 40.3 Å². The summed E-state index contributed by atoms with van der Waals surface area (Å²) in [5.74, 6) is -8.24. The molecule has 2 aliphatic heterocycles. The lowest BCUT2D eigenvalue weighted by Gasteiger charge is -2.50. The van der Waals surface area contributed by atoms with Crippen LogP contribution in [0.15, 0.2) is 51.0 Å². The molecule has 1 saturated heterocycles. The fraction of sp³-hybridized carbons (Fsp3) is 0.579. The van der Waals surface area contributed by atoms with Crippen LogP contribution in [0.4, 0.5) is 15.8 Å². The van der Waals surface area contributed by atoms with E-state index in [2.05, 4.69) is 12.2 Å². The molecule has 0 spiro atoms. The van der Waals surface area contributed by atoms with Crippen LogP contribution < -0.4 is 31.0 Å². The maximum atomic E-state index is 15.6. The number of ether oxygens (including phenoxy) is 2. The summed E-state index contributed by atoms with van der Waals surface area (Å²) >= 11 is 1.45. The number of benzene rings is 2. The van der Waals surface area contributed by atoms with Gasteiger partial charge in [0.25, 0.3) is 5.91 Å². The van der Waals surface area contributed by atoms with E-state index in [0.29, 0.717) is 59.8 Å². The number of unbranched alkanes of at least 4 members (excludes halogenated alkanes) is 10. The molecule has 2 aromatic carbocycles. The molecular formula is C57H75FN6O11S. The highest BCUT2D eigenvalue weighted by molar-refractivity contribution is 8.00. The number of Topliss-reactive ketones (excluding diaryl/α,β-unsaturated/α-hetero) is 2. The molecule has 1 amide bonds. The van der Waals surface area contributed by atoms with Crippen molar-refractivity contribution in [1.82, 2.24) is 14.8 Å². The second-order valence-electron chi connectivity index (χ2n) is 21.7. The number of ketones is 2. The highest BCUT2D eigenvalue weighted by Gasteiger charge is 2.64. The molecule has 2 fully saturated rings. The molecule has 1 saturated carbocycles. The van der Waals surface area contributed by atoms with Crippen molar-refractivity contribution in [3.63, 3.8) is 0 Å². The van der Waals surface area contributed by atoms with E-state index in [4.69, 9.17) is 15.2 Å². The molecule has 76 heavy (non-hydrogen) atoms. The number of hydrogen-bond acceptors (Lipinski definition) is 16. The van der Waals surface area contributed by atoms with E-state index in [9.17, 15) is 44.1 Å². The molecular weight excluding hydrogens is 996 g/mol. The number of fused-ring (bicyclic) bond motifs is 6. The Bertz CT molecular complexity index is 2890. The first-order chi connectivity index (χ1) is 36.3. The van der Waals surface area contributed by atoms with E-state index < -0.39 is 81.2 Å². The minimum absolute atomic E-state index is 0.00160. The number of esters is 2. The van der Waals surface area contributed by atoms with Crippen molar-refractivity contribution in [2.75, 3.05) is 64.2 Å². The third-order valence-electron chi connectivity index (χ3n) is 16.1. The molecule has 2 unspecified atom stereocenters. The van der Waals surface area contributed by atoms with Crippen molar-refractivity contribution in [2.45, 2.75) is 151 Å². The first kappa shape index (κ1) is 56.4. The number of amides is 1. The van der Waals surface area contributed by atoms with Crippen LogP contribution in [0.25, 0.3) is 16.7 Å². The predicted molar refractivity (Wildman–Crippen MR) is 290 cm³/mol. The topological polar surface area (TPSA) is 234 Å². The van der Waals surface area contributed by atoms with Crippen molar-refractivity contribution in [3.05, 3.63) is 73.9 Å². The largest absolute Gasteiger partial charge is 0.508 e. The van der Waals surface area contributed by atoms with Gasteiger partial charge in [0, 0.05) is 69.3 Å². The van der Waals surface area contributed by atoms with Gasteiger partial charge in [0.15, 0.2) is 11.4 Å². The van der Waals surface area contributed by atoms with Gasteiger partial charge < -0.3 is 50.2 Å². The molecule has 0 radical (unpaired) electrons. The molecule has 3 aromatic rings. The lowest BCUT2D eigenvalue weighted by atomic mass is 9.57. The molecule has 5 aliphatic rings. The number of pyridine rings is 1. The van der Waals surface area contributed by atoms with Crippen LogP contribution in [-0.4, -0.2) is 126 Å². The molecule has 19 heteroatoms. The Balaban J connectivity index is 0.833. The monoisotopic (exact) mass is 1070 g/mol. The van der Waals surface area contributed by atoms with Gasteiger partial charge in [-0.15, -0.1) is 0 Å². The van der Waals surface area contributed by atoms with Crippen molar-refractivity contribution in [2.24, 2.45) is 17.6 Å². The first-order valence-electron chi connectivity index (χ1n) is 27.2. The van der Waals surface area contributed by atoms with Gasteiger partial charge in [-0.1, -0.05) is 76.5 Å². The summed E-state index contributed by atoms with van der Waals surface area (Å²) in [6.45, 7) is 6.97. The molecule has 412 valence electrons. The van der Waals surface area contributed by atoms with Gasteiger partial charge >= 0.3 is 11.9 Å². The third-order valence-corrected chi connectivity index (χ3v) is 17.3. The number of halogens is 1. The van der Waals surface area contributed by atoms with Crippen molar-refractivity contribution < 1.29 is 53.2 Å². The fourth-order valence-electron chi connectivity index (χ4n) is 12.2. The number of aromatic nitrogens is 1. The Labute approximate surface area is 448 Å². The molecule has 6 atom stereocenters. The maximum absolute atomic E-state index is 15.6. The summed E-state index contributed by atoms with van der Waals surface area (Å²) in [6.07, 6.45) is 12.4. The zero-order valence-corrected chi connectivity index (χ0v) is 45.6. The lowest BCUT2D eigenvalue weighted by molar-refractivity contribution is -0.153. The number of primary amides is 1. The Morgan fingerprint density at radius 2 is 1.58 bits per heavy atom. The number of rotatable bonds is 23. The number of hydrogen-bond donors (Lipinski definition) is 5. The van der Waals surface area contributed by atoms with Crippen molar-refractivity contribution in [3.8, 4) is 5.75 Å². The Kier molecular flexibility index (Phi) is 17.7. The second-order valence-corrected chi connectivity index (χ2v) is 23.0. The molecule has 8 rings (SSSR count). The van der Waals surface area contributed by atoms with Gasteiger partial charge in [-0.3, -0.25) is 28.9 Å². The average Bonchev–Trinajstić information content (AvgIpc) is 3.41. The summed E-state index contributed by atoms with van der Waals surface area (Å²) in [7, 11) is 6.77. The van der Waals surface area contributed by atoms with Gasteiger partial charge in [-0.2, -0.15) is 0 Å². The average molecular weight is 1070 g/mol. The van der Waals surface area contributed by atoms with Crippen LogP contribution in [0.1, 0.15) is 143 Å². The summed E-state index contributed by atoms with van der Waals surface area (Å²) in [6, 6.07) is 5.20. The quantitative estimate of drug-likeness (QED) is 0.0264. The van der Waals surface area contributed by atoms with E-state index in [1.54, 1.807) is 32.3 Å². The number of carbonyl (C=O) groups excluding carboxylic acids is 5. The molecule has 17 nitrogen and oxygen atoms in total. The van der Waals surface area contributed by atoms with E-state index >= 15 is 4.39 Å². The molecule has 6 N–H and O–H groups in total. The number of piperazine rings is 1. The number of nitrogens with zero attached hydrogens (tertiary/aromatic N) is 4. The van der Waals surface area contributed by atoms with E-state index in [1.165, 1.54) is 22.7 Å². The Morgan fingerprint density at radius 3 is 2.20 bits per heavy atom. The summed E-state index contributed by atoms with van der Waals surface area (Å²) in [4.78, 5) is 86.9. The smallest absolute Gasteiger partial charge is 0.345 e. The standard InChI is InChI=1S/C57H75FN6O11S/c1-7-8-9-16-19-34(74-56(72)47-49(66)36-30-38(58)41(63-26-24-60-25-27-63)31-40(36)64-32(2)76-55(47)64)20-17-14-12-10-11-13-15-18-21-43(65)75-42-23-22-39(61(3)4)35-28-33-29-37-48(62(5)6)51(68)46(54(59)71)53(70)57(37,73)52(69)44(33)50(67)45(35)42/h22-23,30-34,37,48,60,67,70,73H,7-21,24-29H2,1-6H3,(H2,59,71)/t32?,33-,34?,37-,48-,57-/m1/s1. The van der Waals surface area contributed by atoms with Crippen molar-refractivity contribution >= 4 is 69.2 Å². The first-order valence-corrected chi connectivity index (χ1v) is 28.1. The third kappa shape index (κ3) is 10.9. The van der Waals surface area contributed by atoms with Crippen molar-refractivity contribution in [1.29, 1.82) is 0 Å². The van der Waals surface area contributed by atoms with Crippen LogP contribution in [-0.2, 0) is 30.3 Å². The number of likely N-dealkylation sites (N-methyl/N-ethyl adjacent to an activating group) is 1. The maximum Gasteiger partial charge on any atom is 0.345 e. The van der Waals surface area contributed by atoms with Gasteiger partial charge in [0.05, 0.1) is 33.2 Å². The SMILES string of the molecule is CCCCCCC(CCCCCCCCCCC(=O)Oc1ccc(N(C)C)c2c1C(O)=C1C(=O)[C@@]3(O)C(O)=C(C(N)=O)C(=O)[C@H](N(C)C)[C@H]3C[C@H]1C2)OC(=O)c1c2n(c3cc(N4CCNCC4)c(F)cc3c1=O)C(C)S2. The predicted octanol–water partition coefficient (Wildman–Crippen LogP) is 7.81. The number of nitrogens with one attached hydrogen (secondary N) is 1. The number of aliphatic hydroxyl groups is 3. The Morgan fingerprint density at radius 1 is 0.934 bits per heavy atom. The van der Waals surface area contributed by atoms with E-state index in [0.717, 1.165) is 83.7 Å². The van der Waals surface area contributed by atoms with Crippen LogP contribution in [0.2, 0.25) is 0 Å². The highest BCUT2D eigenvalue weighted by atomic mass is 32.2. The molecule has 3 heterocycles. The molecule has 1 aromatic heterocycles. The highest BCUT2D eigenvalue weighted by Crippen LogP contribution is 2.54. The van der Waals surface area contributed by atoms with Crippen LogP contribution >= 0.6 is 11.8 Å². The summed E-state index contributed by atoms with van der Waals surface area (Å²) in [5, 5.41) is 39.3. The zero-order valence-electron chi connectivity index (χ0n) is 44.8. The number of nitrogens with two attached hydrogens (primary N) is 1. The molecule has 0 bridgehead atoms. The van der Waals surface area contributed by atoms with Crippen LogP contribution in [0, 0.1) is 17.7 Å². The van der Waals surface area contributed by atoms with Crippen LogP contribution in [0.3, 0.4) is 0 Å². The van der Waals surface area contributed by atoms with E-state index in [-0.39, 0.29) is 58.6 Å². The number of anilines is 2. The van der Waals surface area contributed by atoms with Gasteiger partial charge in [-0.05, 0) is 102 Å². The minimum atomic E-state index is -2.72. The number of thioether (sulfide) groups is 1. The second kappa shape index (κ2) is 23.9.